The molecular weight excluding hydrogens is 389 g/mol. The van der Waals surface area contributed by atoms with Crippen LogP contribution in [0.2, 0.25) is 15.1 Å². The van der Waals surface area contributed by atoms with Gasteiger partial charge in [-0.1, -0.05) is 40.9 Å². The molecule has 6 nitrogen and oxygen atoms in total. The third-order valence-electron chi connectivity index (χ3n) is 3.81. The molecule has 25 heavy (non-hydrogen) atoms. The van der Waals surface area contributed by atoms with Crippen LogP contribution in [0.1, 0.15) is 12.5 Å². The fourth-order valence-electron chi connectivity index (χ4n) is 2.44. The highest BCUT2D eigenvalue weighted by Gasteiger charge is 2.39. The summed E-state index contributed by atoms with van der Waals surface area (Å²) in [6.45, 7) is 2.43. The highest BCUT2D eigenvalue weighted by Crippen LogP contribution is 2.35. The minimum absolute atomic E-state index is 0.170. The number of hydrogen-bond acceptors (Lipinski definition) is 5. The van der Waals surface area contributed by atoms with Crippen LogP contribution in [-0.4, -0.2) is 40.6 Å². The van der Waals surface area contributed by atoms with Gasteiger partial charge in [-0.3, -0.25) is 4.79 Å². The van der Waals surface area contributed by atoms with E-state index in [9.17, 15) is 4.79 Å². The lowest BCUT2D eigenvalue weighted by Gasteiger charge is -2.32. The topological polar surface area (TPSA) is 66.2 Å². The zero-order valence-electron chi connectivity index (χ0n) is 13.2. The fraction of sp³-hybridized carbons (Fsp3) is 0.312. The van der Waals surface area contributed by atoms with Gasteiger partial charge in [0.25, 0.3) is 0 Å². The zero-order chi connectivity index (χ0) is 18.0. The van der Waals surface area contributed by atoms with Crippen molar-refractivity contribution in [3.63, 3.8) is 0 Å². The molecule has 0 atom stereocenters. The number of hydrogen-bond donors (Lipinski definition) is 0. The van der Waals surface area contributed by atoms with Crippen molar-refractivity contribution >= 4 is 52.4 Å². The number of Topliss-reactive ketones (excluding diaryl/α,β-unsaturated/α-hetero) is 1. The predicted octanol–water partition coefficient (Wildman–Crippen LogP) is 3.82. The van der Waals surface area contributed by atoms with E-state index in [2.05, 4.69) is 10.1 Å². The number of carbonyl (C=O) groups is 1. The summed E-state index contributed by atoms with van der Waals surface area (Å²) in [5.41, 5.74) is -0.0378. The van der Waals surface area contributed by atoms with Gasteiger partial charge >= 0.3 is 0 Å². The van der Waals surface area contributed by atoms with Crippen molar-refractivity contribution in [1.29, 1.82) is 0 Å². The first kappa shape index (κ1) is 18.4. The molecule has 9 heteroatoms. The molecule has 1 aromatic heterocycles. The first-order valence-corrected chi connectivity index (χ1v) is 8.46. The number of ketones is 1. The van der Waals surface area contributed by atoms with Crippen LogP contribution in [0.3, 0.4) is 0 Å². The van der Waals surface area contributed by atoms with Gasteiger partial charge in [0.2, 0.25) is 0 Å². The predicted molar refractivity (Wildman–Crippen MR) is 95.5 cm³/mol. The van der Waals surface area contributed by atoms with E-state index in [0.29, 0.717) is 10.6 Å². The molecule has 2 aromatic rings. The number of carbonyl (C=O) groups excluding carboxylic acids is 1. The van der Waals surface area contributed by atoms with Gasteiger partial charge in [0, 0.05) is 0 Å². The molecule has 1 saturated heterocycles. The molecule has 132 valence electrons. The van der Waals surface area contributed by atoms with Gasteiger partial charge in [0.05, 0.1) is 33.7 Å². The van der Waals surface area contributed by atoms with Gasteiger partial charge < -0.3 is 9.47 Å². The molecule has 0 saturated carbocycles. The minimum Gasteiger partial charge on any atom is -0.354 e. The van der Waals surface area contributed by atoms with Crippen LogP contribution in [0.15, 0.2) is 24.8 Å². The van der Waals surface area contributed by atoms with Crippen molar-refractivity contribution in [3.8, 4) is 0 Å². The van der Waals surface area contributed by atoms with Crippen LogP contribution in [0, 0.1) is 5.41 Å². The van der Waals surface area contributed by atoms with E-state index in [1.54, 1.807) is 25.1 Å². The molecule has 3 rings (SSSR count). The molecule has 2 heterocycles. The Balaban J connectivity index is 2.07. The second-order valence-corrected chi connectivity index (χ2v) is 7.00. The van der Waals surface area contributed by atoms with Gasteiger partial charge in [0.15, 0.2) is 5.78 Å². The van der Waals surface area contributed by atoms with Crippen LogP contribution in [0.5, 0.6) is 0 Å². The second-order valence-electron chi connectivity index (χ2n) is 5.84. The van der Waals surface area contributed by atoms with E-state index >= 15 is 0 Å². The third-order valence-corrected chi connectivity index (χ3v) is 5.12. The SMILES string of the molecule is CC1(C(=O)C(=Cc2ccc(Cl)c(Cl)c2Cl)n2cncn2)COCOC1. The van der Waals surface area contributed by atoms with Crippen molar-refractivity contribution in [2.45, 2.75) is 6.92 Å². The molecule has 0 N–H and O–H groups in total. The van der Waals surface area contributed by atoms with E-state index in [4.69, 9.17) is 44.3 Å². The smallest absolute Gasteiger partial charge is 0.191 e. The molecule has 1 aliphatic heterocycles. The quantitative estimate of drug-likeness (QED) is 0.574. The Hall–Kier alpha value is -1.44. The Morgan fingerprint density at radius 1 is 1.24 bits per heavy atom. The maximum absolute atomic E-state index is 13.2. The summed E-state index contributed by atoms with van der Waals surface area (Å²) in [5, 5.41) is 4.87. The molecule has 0 bridgehead atoms. The fourth-order valence-corrected chi connectivity index (χ4v) is 3.04. The molecule has 0 spiro atoms. The van der Waals surface area contributed by atoms with Gasteiger partial charge in [0.1, 0.15) is 25.1 Å². The number of benzene rings is 1. The first-order chi connectivity index (χ1) is 11.9. The van der Waals surface area contributed by atoms with Crippen LogP contribution in [0.25, 0.3) is 11.8 Å². The van der Waals surface area contributed by atoms with Gasteiger partial charge in [-0.15, -0.1) is 0 Å². The Labute approximate surface area is 159 Å². The van der Waals surface area contributed by atoms with Crippen molar-refractivity contribution < 1.29 is 14.3 Å². The van der Waals surface area contributed by atoms with E-state index in [-0.39, 0.29) is 41.5 Å². The maximum atomic E-state index is 13.2. The Morgan fingerprint density at radius 2 is 1.96 bits per heavy atom. The highest BCUT2D eigenvalue weighted by molar-refractivity contribution is 6.48. The lowest BCUT2D eigenvalue weighted by atomic mass is 9.85. The Kier molecular flexibility index (Phi) is 5.46. The van der Waals surface area contributed by atoms with Crippen molar-refractivity contribution in [3.05, 3.63) is 45.4 Å². The summed E-state index contributed by atoms with van der Waals surface area (Å²) >= 11 is 18.3. The average molecular weight is 403 g/mol. The summed E-state index contributed by atoms with van der Waals surface area (Å²) in [4.78, 5) is 17.1. The largest absolute Gasteiger partial charge is 0.354 e. The van der Waals surface area contributed by atoms with Gasteiger partial charge in [-0.05, 0) is 24.6 Å². The monoisotopic (exact) mass is 401 g/mol. The van der Waals surface area contributed by atoms with Crippen LogP contribution in [0.4, 0.5) is 0 Å². The molecule has 0 unspecified atom stereocenters. The third kappa shape index (κ3) is 3.73. The van der Waals surface area contributed by atoms with Gasteiger partial charge in [-0.2, -0.15) is 5.10 Å². The minimum atomic E-state index is -0.848. The summed E-state index contributed by atoms with van der Waals surface area (Å²) in [6, 6.07) is 3.29. The van der Waals surface area contributed by atoms with E-state index in [0.717, 1.165) is 0 Å². The zero-order valence-corrected chi connectivity index (χ0v) is 15.5. The number of ether oxygens (including phenoxy) is 2. The summed E-state index contributed by atoms with van der Waals surface area (Å²) < 4.78 is 12.0. The van der Waals surface area contributed by atoms with E-state index < -0.39 is 5.41 Å². The number of rotatable bonds is 4. The highest BCUT2D eigenvalue weighted by atomic mass is 35.5. The van der Waals surface area contributed by atoms with Crippen molar-refractivity contribution in [1.82, 2.24) is 14.8 Å². The molecule has 1 aromatic carbocycles. The Morgan fingerprint density at radius 3 is 2.60 bits per heavy atom. The number of nitrogens with zero attached hydrogens (tertiary/aromatic N) is 3. The van der Waals surface area contributed by atoms with Crippen LogP contribution < -0.4 is 0 Å². The molecule has 0 radical (unpaired) electrons. The molecule has 1 fully saturated rings. The van der Waals surface area contributed by atoms with Crippen molar-refractivity contribution in [2.75, 3.05) is 20.0 Å². The second kappa shape index (κ2) is 7.43. The molecule has 1 aliphatic rings. The standard InChI is InChI=1S/C16H14Cl3N3O3/c1-16(5-24-9-25-6-16)15(23)12(22-8-20-7-21-22)4-10-2-3-11(17)14(19)13(10)18/h2-4,7-8H,5-6,9H2,1H3. The number of halogens is 3. The summed E-state index contributed by atoms with van der Waals surface area (Å²) in [5.74, 6) is -0.208. The Bertz CT molecular complexity index is 816. The average Bonchev–Trinajstić information content (AvgIpc) is 3.14. The summed E-state index contributed by atoms with van der Waals surface area (Å²) in [7, 11) is 0. The van der Waals surface area contributed by atoms with E-state index in [1.165, 1.54) is 17.3 Å². The molecule has 0 amide bonds. The lowest BCUT2D eigenvalue weighted by Crippen LogP contribution is -2.42. The van der Waals surface area contributed by atoms with Crippen LogP contribution in [-0.2, 0) is 14.3 Å². The summed E-state index contributed by atoms with van der Waals surface area (Å²) in [6.07, 6.45) is 4.37. The van der Waals surface area contributed by atoms with Crippen molar-refractivity contribution in [2.24, 2.45) is 5.41 Å². The lowest BCUT2D eigenvalue weighted by molar-refractivity contribution is -0.168. The number of allylic oxidation sites excluding steroid dienone is 1. The first-order valence-electron chi connectivity index (χ1n) is 7.33. The molecule has 0 aliphatic carbocycles. The maximum Gasteiger partial charge on any atom is 0.191 e. The van der Waals surface area contributed by atoms with Crippen LogP contribution >= 0.6 is 34.8 Å². The normalized spacial score (nSPS) is 17.5. The number of aromatic nitrogens is 3. The van der Waals surface area contributed by atoms with E-state index in [1.807, 2.05) is 0 Å². The van der Waals surface area contributed by atoms with Gasteiger partial charge in [-0.25, -0.2) is 9.67 Å². The molecular formula is C16H14Cl3N3O3.